The van der Waals surface area contributed by atoms with E-state index in [1.54, 1.807) is 18.2 Å². The molecule has 1 rings (SSSR count). The Morgan fingerprint density at radius 3 is 2.86 bits per heavy atom. The number of ether oxygens (including phenoxy) is 1. The van der Waals surface area contributed by atoms with E-state index < -0.39 is 0 Å². The van der Waals surface area contributed by atoms with Gasteiger partial charge in [-0.3, -0.25) is 0 Å². The van der Waals surface area contributed by atoms with E-state index in [0.717, 1.165) is 4.47 Å². The Morgan fingerprint density at radius 2 is 2.21 bits per heavy atom. The van der Waals surface area contributed by atoms with Crippen molar-refractivity contribution in [2.75, 3.05) is 13.2 Å². The number of hydrogen-bond donors (Lipinski definition) is 1. The van der Waals surface area contributed by atoms with Crippen molar-refractivity contribution < 1.29 is 9.84 Å². The van der Waals surface area contributed by atoms with Gasteiger partial charge in [-0.1, -0.05) is 15.9 Å². The van der Waals surface area contributed by atoms with Crippen LogP contribution in [-0.4, -0.2) is 18.3 Å². The topological polar surface area (TPSA) is 53.2 Å². The summed E-state index contributed by atoms with van der Waals surface area (Å²) in [5.74, 6) is 0.643. The van der Waals surface area contributed by atoms with E-state index in [1.165, 1.54) is 0 Å². The van der Waals surface area contributed by atoms with Gasteiger partial charge in [0.15, 0.2) is 0 Å². The molecule has 0 saturated carbocycles. The van der Waals surface area contributed by atoms with Crippen molar-refractivity contribution in [2.24, 2.45) is 0 Å². The van der Waals surface area contributed by atoms with E-state index >= 15 is 0 Å². The molecule has 0 atom stereocenters. The third-order valence-electron chi connectivity index (χ3n) is 1.57. The summed E-state index contributed by atoms with van der Waals surface area (Å²) < 4.78 is 6.14. The average molecular weight is 256 g/mol. The smallest absolute Gasteiger partial charge is 0.121 e. The van der Waals surface area contributed by atoms with Crippen LogP contribution in [-0.2, 0) is 0 Å². The second-order valence-corrected chi connectivity index (χ2v) is 3.63. The number of hydrogen-bond acceptors (Lipinski definition) is 3. The van der Waals surface area contributed by atoms with Gasteiger partial charge in [0.1, 0.15) is 5.75 Å². The number of halogens is 1. The first-order valence-corrected chi connectivity index (χ1v) is 5.00. The Morgan fingerprint density at radius 1 is 1.43 bits per heavy atom. The maximum atomic E-state index is 8.69. The van der Waals surface area contributed by atoms with Crippen LogP contribution in [0.5, 0.6) is 5.75 Å². The molecule has 1 N–H and O–H groups in total. The summed E-state index contributed by atoms with van der Waals surface area (Å²) in [4.78, 5) is 0. The van der Waals surface area contributed by atoms with Crippen molar-refractivity contribution >= 4 is 15.9 Å². The highest BCUT2D eigenvalue weighted by molar-refractivity contribution is 9.10. The van der Waals surface area contributed by atoms with Gasteiger partial charge in [-0.05, 0) is 18.2 Å². The second-order valence-electron chi connectivity index (χ2n) is 2.71. The second kappa shape index (κ2) is 5.63. The molecule has 1 aromatic carbocycles. The van der Waals surface area contributed by atoms with Gasteiger partial charge in [0.25, 0.3) is 0 Å². The van der Waals surface area contributed by atoms with E-state index in [1.807, 2.05) is 6.07 Å². The number of benzene rings is 1. The fraction of sp³-hybridized carbons (Fsp3) is 0.300. The Kier molecular flexibility index (Phi) is 4.44. The molecule has 0 aromatic heterocycles. The van der Waals surface area contributed by atoms with Crippen molar-refractivity contribution in [1.82, 2.24) is 0 Å². The number of aliphatic hydroxyl groups is 1. The van der Waals surface area contributed by atoms with E-state index in [0.29, 0.717) is 24.3 Å². The Bertz CT molecular complexity index is 346. The van der Waals surface area contributed by atoms with E-state index in [4.69, 9.17) is 15.1 Å². The number of nitrogens with zero attached hydrogens (tertiary/aromatic N) is 1. The molecule has 0 fully saturated rings. The zero-order valence-corrected chi connectivity index (χ0v) is 9.12. The molecule has 0 aliphatic heterocycles. The maximum Gasteiger partial charge on any atom is 0.121 e. The highest BCUT2D eigenvalue weighted by atomic mass is 79.9. The zero-order valence-electron chi connectivity index (χ0n) is 7.53. The lowest BCUT2D eigenvalue weighted by atomic mass is 10.2. The molecule has 0 unspecified atom stereocenters. The monoisotopic (exact) mass is 255 g/mol. The van der Waals surface area contributed by atoms with Gasteiger partial charge < -0.3 is 9.84 Å². The quantitative estimate of drug-likeness (QED) is 0.839. The van der Waals surface area contributed by atoms with Crippen molar-refractivity contribution in [1.29, 1.82) is 5.26 Å². The lowest BCUT2D eigenvalue weighted by Gasteiger charge is -2.05. The highest BCUT2D eigenvalue weighted by Gasteiger charge is 1.99. The zero-order chi connectivity index (χ0) is 10.4. The molecule has 0 bridgehead atoms. The Labute approximate surface area is 91.1 Å². The van der Waals surface area contributed by atoms with E-state index in [-0.39, 0.29) is 6.61 Å². The van der Waals surface area contributed by atoms with Crippen LogP contribution < -0.4 is 4.74 Å². The van der Waals surface area contributed by atoms with Crippen LogP contribution in [0.2, 0.25) is 0 Å². The normalized spacial score (nSPS) is 9.50. The van der Waals surface area contributed by atoms with Gasteiger partial charge in [-0.25, -0.2) is 0 Å². The predicted octanol–water partition coefficient (Wildman–Crippen LogP) is 2.08. The molecular formula is C10H10BrNO2. The third-order valence-corrected chi connectivity index (χ3v) is 2.03. The van der Waals surface area contributed by atoms with Crippen molar-refractivity contribution in [2.45, 2.75) is 6.42 Å². The van der Waals surface area contributed by atoms with Gasteiger partial charge in [0.05, 0.1) is 18.2 Å². The molecule has 14 heavy (non-hydrogen) atoms. The molecule has 0 aliphatic rings. The summed E-state index contributed by atoms with van der Waals surface area (Å²) in [5, 5.41) is 17.2. The number of rotatable bonds is 4. The predicted molar refractivity (Wildman–Crippen MR) is 56.1 cm³/mol. The summed E-state index contributed by atoms with van der Waals surface area (Å²) in [5.41, 5.74) is 0.554. The van der Waals surface area contributed by atoms with Gasteiger partial charge in [-0.2, -0.15) is 5.26 Å². The fourth-order valence-corrected chi connectivity index (χ4v) is 1.44. The summed E-state index contributed by atoms with van der Waals surface area (Å²) in [7, 11) is 0. The first-order valence-electron chi connectivity index (χ1n) is 4.20. The summed E-state index contributed by atoms with van der Waals surface area (Å²) in [6.07, 6.45) is 0.592. The average Bonchev–Trinajstić information content (AvgIpc) is 2.17. The highest BCUT2D eigenvalue weighted by Crippen LogP contribution is 2.21. The minimum Gasteiger partial charge on any atom is -0.493 e. The molecule has 0 aliphatic carbocycles. The molecule has 3 nitrogen and oxygen atoms in total. The molecule has 0 saturated heterocycles. The first-order chi connectivity index (χ1) is 6.76. The SMILES string of the molecule is N#Cc1cc(Br)cc(OCCCO)c1. The van der Waals surface area contributed by atoms with Gasteiger partial charge >= 0.3 is 0 Å². The van der Waals surface area contributed by atoms with Crippen LogP contribution >= 0.6 is 15.9 Å². The molecular weight excluding hydrogens is 246 g/mol. The molecule has 0 heterocycles. The Hall–Kier alpha value is -1.05. The van der Waals surface area contributed by atoms with Gasteiger partial charge in [-0.15, -0.1) is 0 Å². The molecule has 0 spiro atoms. The van der Waals surface area contributed by atoms with E-state index in [9.17, 15) is 0 Å². The van der Waals surface area contributed by atoms with Crippen LogP contribution in [0.1, 0.15) is 12.0 Å². The molecule has 0 radical (unpaired) electrons. The molecule has 0 amide bonds. The summed E-state index contributed by atoms with van der Waals surface area (Å²) >= 11 is 3.28. The van der Waals surface area contributed by atoms with Crippen LogP contribution in [0, 0.1) is 11.3 Å². The molecule has 1 aromatic rings. The molecule has 74 valence electrons. The first kappa shape index (κ1) is 11.0. The van der Waals surface area contributed by atoms with Crippen LogP contribution in [0.3, 0.4) is 0 Å². The third kappa shape index (κ3) is 3.36. The van der Waals surface area contributed by atoms with Crippen LogP contribution in [0.4, 0.5) is 0 Å². The minimum atomic E-state index is 0.110. The fourth-order valence-electron chi connectivity index (χ4n) is 0.965. The van der Waals surface area contributed by atoms with Crippen LogP contribution in [0.15, 0.2) is 22.7 Å². The summed E-state index contributed by atoms with van der Waals surface area (Å²) in [6.45, 7) is 0.566. The number of aliphatic hydroxyl groups excluding tert-OH is 1. The lowest BCUT2D eigenvalue weighted by molar-refractivity contribution is 0.233. The standard InChI is InChI=1S/C10H10BrNO2/c11-9-4-8(7-12)5-10(6-9)14-3-1-2-13/h4-6,13H,1-3H2. The maximum absolute atomic E-state index is 8.69. The largest absolute Gasteiger partial charge is 0.493 e. The minimum absolute atomic E-state index is 0.110. The Balaban J connectivity index is 2.68. The number of nitriles is 1. The van der Waals surface area contributed by atoms with Crippen molar-refractivity contribution in [3.8, 4) is 11.8 Å². The lowest BCUT2D eigenvalue weighted by Crippen LogP contribution is -1.99. The molecule has 4 heteroatoms. The van der Waals surface area contributed by atoms with Crippen molar-refractivity contribution in [3.05, 3.63) is 28.2 Å². The van der Waals surface area contributed by atoms with E-state index in [2.05, 4.69) is 15.9 Å². The van der Waals surface area contributed by atoms with Gasteiger partial charge in [0.2, 0.25) is 0 Å². The van der Waals surface area contributed by atoms with Gasteiger partial charge in [0, 0.05) is 17.5 Å². The van der Waals surface area contributed by atoms with Crippen LogP contribution in [0.25, 0.3) is 0 Å². The summed E-state index contributed by atoms with van der Waals surface area (Å²) in [6, 6.07) is 7.22. The van der Waals surface area contributed by atoms with Crippen molar-refractivity contribution in [3.63, 3.8) is 0 Å².